The first-order chi connectivity index (χ1) is 14.7. The smallest absolute Gasteiger partial charge is 0.395 e. The van der Waals surface area contributed by atoms with Gasteiger partial charge in [0.25, 0.3) is 11.8 Å². The van der Waals surface area contributed by atoms with Gasteiger partial charge in [-0.15, -0.1) is 8.78 Å². The van der Waals surface area contributed by atoms with E-state index in [0.29, 0.717) is 11.3 Å². The number of aryl methyl sites for hydroxylation is 1. The van der Waals surface area contributed by atoms with Gasteiger partial charge in [-0.2, -0.15) is 0 Å². The number of aromatic nitrogens is 2. The maximum atomic E-state index is 13.4. The predicted octanol–water partition coefficient (Wildman–Crippen LogP) is 3.19. The van der Waals surface area contributed by atoms with Crippen LogP contribution in [-0.2, 0) is 0 Å². The first kappa shape index (κ1) is 20.0. The lowest BCUT2D eigenvalue weighted by Crippen LogP contribution is -2.26. The molecule has 0 saturated heterocycles. The molecule has 2 aromatic carbocycles. The highest BCUT2D eigenvalue weighted by Gasteiger charge is 2.45. The van der Waals surface area contributed by atoms with Crippen molar-refractivity contribution in [3.05, 3.63) is 65.5 Å². The molecule has 3 aromatic rings. The summed E-state index contributed by atoms with van der Waals surface area (Å²) in [6.07, 6.45) is -1.14. The van der Waals surface area contributed by atoms with E-state index in [2.05, 4.69) is 30.1 Å². The second-order valence-electron chi connectivity index (χ2n) is 6.57. The maximum absolute atomic E-state index is 13.4. The van der Waals surface area contributed by atoms with Crippen LogP contribution in [-0.4, -0.2) is 28.1 Å². The van der Waals surface area contributed by atoms with Crippen LogP contribution in [0.2, 0.25) is 0 Å². The highest BCUT2D eigenvalue weighted by molar-refractivity contribution is 6.09. The molecule has 0 bridgehead atoms. The molecular weight excluding hydrogens is 412 g/mol. The number of alkyl halides is 2. The fourth-order valence-electron chi connectivity index (χ4n) is 2.89. The molecule has 0 unspecified atom stereocenters. The van der Waals surface area contributed by atoms with Crippen molar-refractivity contribution in [1.82, 2.24) is 9.97 Å². The van der Waals surface area contributed by atoms with Crippen molar-refractivity contribution < 1.29 is 27.8 Å². The number of nitrogens with zero attached hydrogens (tertiary/aromatic N) is 2. The van der Waals surface area contributed by atoms with E-state index in [-0.39, 0.29) is 34.3 Å². The molecule has 31 heavy (non-hydrogen) atoms. The molecule has 4 N–H and O–H groups in total. The number of benzene rings is 2. The van der Waals surface area contributed by atoms with Gasteiger partial charge in [0.1, 0.15) is 0 Å². The normalized spacial score (nSPS) is 13.5. The van der Waals surface area contributed by atoms with Gasteiger partial charge in [-0.1, -0.05) is 12.1 Å². The van der Waals surface area contributed by atoms with Gasteiger partial charge in [0.2, 0.25) is 5.95 Å². The van der Waals surface area contributed by atoms with Crippen molar-refractivity contribution in [2.24, 2.45) is 0 Å². The molecule has 0 fully saturated rings. The molecular formula is C20H15F2N5O4. The number of anilines is 3. The number of nitrogens with two attached hydrogens (primary N) is 1. The molecule has 0 saturated carbocycles. The van der Waals surface area contributed by atoms with Crippen molar-refractivity contribution in [2.45, 2.75) is 13.2 Å². The van der Waals surface area contributed by atoms with Crippen molar-refractivity contribution >= 4 is 29.1 Å². The molecule has 1 aromatic heterocycles. The Morgan fingerprint density at radius 2 is 1.65 bits per heavy atom. The number of amides is 2. The summed E-state index contributed by atoms with van der Waals surface area (Å²) in [6.45, 7) is 1.72. The number of nitrogens with one attached hydrogen (secondary N) is 2. The first-order valence-corrected chi connectivity index (χ1v) is 8.91. The van der Waals surface area contributed by atoms with Crippen LogP contribution in [0.4, 0.5) is 26.1 Å². The second-order valence-corrected chi connectivity index (χ2v) is 6.57. The lowest BCUT2D eigenvalue weighted by molar-refractivity contribution is -0.286. The molecule has 158 valence electrons. The zero-order chi connectivity index (χ0) is 22.2. The Balaban J connectivity index is 1.54. The quantitative estimate of drug-likeness (QED) is 0.583. The lowest BCUT2D eigenvalue weighted by Gasteiger charge is -2.11. The second kappa shape index (κ2) is 7.52. The molecule has 2 amide bonds. The number of carbonyl (C=O) groups excluding carboxylic acids is 2. The fourth-order valence-corrected chi connectivity index (χ4v) is 2.89. The van der Waals surface area contributed by atoms with Gasteiger partial charge >= 0.3 is 6.29 Å². The summed E-state index contributed by atoms with van der Waals surface area (Å²) in [6, 6.07) is 8.64. The maximum Gasteiger partial charge on any atom is 0.586 e. The SMILES string of the molecule is Cc1ccc(NC(=O)c2cccc3c2OC(F)(F)O3)cc1C(=O)Nc1cnc(N)nc1. The average molecular weight is 427 g/mol. The van der Waals surface area contributed by atoms with Crippen LogP contribution in [0.5, 0.6) is 11.5 Å². The van der Waals surface area contributed by atoms with Gasteiger partial charge in [-0.3, -0.25) is 9.59 Å². The van der Waals surface area contributed by atoms with Crippen LogP contribution < -0.4 is 25.8 Å². The van der Waals surface area contributed by atoms with Crippen LogP contribution in [0.25, 0.3) is 0 Å². The summed E-state index contributed by atoms with van der Waals surface area (Å²) in [5, 5.41) is 5.20. The van der Waals surface area contributed by atoms with E-state index in [1.165, 1.54) is 36.7 Å². The third kappa shape index (κ3) is 4.20. The number of nitrogen functional groups attached to an aromatic ring is 1. The molecule has 0 spiro atoms. The average Bonchev–Trinajstić information content (AvgIpc) is 3.04. The Morgan fingerprint density at radius 1 is 0.968 bits per heavy atom. The first-order valence-electron chi connectivity index (χ1n) is 8.91. The number of rotatable bonds is 4. The van der Waals surface area contributed by atoms with Crippen molar-refractivity contribution in [1.29, 1.82) is 0 Å². The standard InChI is InChI=1S/C20H15F2N5O4/c1-10-5-6-11(7-14(10)18(29)27-12-8-24-19(23)25-9-12)26-17(28)13-3-2-4-15-16(13)31-20(21,22)30-15/h2-9H,1H3,(H,26,28)(H,27,29)(H2,23,24,25). The molecule has 1 aliphatic heterocycles. The summed E-state index contributed by atoms with van der Waals surface area (Å²) >= 11 is 0. The van der Waals surface area contributed by atoms with Crippen LogP contribution in [0.1, 0.15) is 26.3 Å². The van der Waals surface area contributed by atoms with Crippen LogP contribution in [0.3, 0.4) is 0 Å². The zero-order valence-corrected chi connectivity index (χ0v) is 16.0. The fraction of sp³-hybridized carbons (Fsp3) is 0.100. The van der Waals surface area contributed by atoms with E-state index in [4.69, 9.17) is 5.73 Å². The number of fused-ring (bicyclic) bond motifs is 1. The number of hydrogen-bond donors (Lipinski definition) is 3. The predicted molar refractivity (Wildman–Crippen MR) is 106 cm³/mol. The number of carbonyl (C=O) groups is 2. The molecule has 1 aliphatic rings. The van der Waals surface area contributed by atoms with E-state index in [0.717, 1.165) is 0 Å². The molecule has 4 rings (SSSR count). The van der Waals surface area contributed by atoms with Crippen molar-refractivity contribution in [3.63, 3.8) is 0 Å². The van der Waals surface area contributed by atoms with E-state index >= 15 is 0 Å². The highest BCUT2D eigenvalue weighted by Crippen LogP contribution is 2.43. The summed E-state index contributed by atoms with van der Waals surface area (Å²) in [5.41, 5.74) is 6.82. The number of ether oxygens (including phenoxy) is 2. The third-order valence-corrected chi connectivity index (χ3v) is 4.34. The zero-order valence-electron chi connectivity index (χ0n) is 16.0. The van der Waals surface area contributed by atoms with E-state index in [9.17, 15) is 18.4 Å². The Kier molecular flexibility index (Phi) is 4.85. The number of para-hydroxylation sites is 1. The monoisotopic (exact) mass is 427 g/mol. The summed E-state index contributed by atoms with van der Waals surface area (Å²) < 4.78 is 35.5. The van der Waals surface area contributed by atoms with Crippen molar-refractivity contribution in [2.75, 3.05) is 16.4 Å². The Bertz CT molecular complexity index is 1180. The molecule has 0 aliphatic carbocycles. The van der Waals surface area contributed by atoms with Crippen LogP contribution >= 0.6 is 0 Å². The molecule has 0 radical (unpaired) electrons. The van der Waals surface area contributed by atoms with Crippen molar-refractivity contribution in [3.8, 4) is 11.5 Å². The van der Waals surface area contributed by atoms with Gasteiger partial charge in [0, 0.05) is 11.3 Å². The van der Waals surface area contributed by atoms with Gasteiger partial charge in [-0.05, 0) is 36.8 Å². The van der Waals surface area contributed by atoms with E-state index < -0.39 is 18.1 Å². The molecule has 2 heterocycles. The van der Waals surface area contributed by atoms with E-state index in [1.807, 2.05) is 0 Å². The van der Waals surface area contributed by atoms with Crippen LogP contribution in [0, 0.1) is 6.92 Å². The molecule has 9 nitrogen and oxygen atoms in total. The van der Waals surface area contributed by atoms with Gasteiger partial charge < -0.3 is 25.8 Å². The summed E-state index contributed by atoms with van der Waals surface area (Å²) in [7, 11) is 0. The lowest BCUT2D eigenvalue weighted by atomic mass is 10.1. The van der Waals surface area contributed by atoms with Gasteiger partial charge in [0.05, 0.1) is 23.6 Å². The summed E-state index contributed by atoms with van der Waals surface area (Å²) in [4.78, 5) is 32.9. The Labute approximate surface area is 174 Å². The minimum absolute atomic E-state index is 0.0680. The van der Waals surface area contributed by atoms with Gasteiger partial charge in [0.15, 0.2) is 11.5 Å². The summed E-state index contributed by atoms with van der Waals surface area (Å²) in [5.74, 6) is -1.71. The molecule has 11 heteroatoms. The largest absolute Gasteiger partial charge is 0.586 e. The highest BCUT2D eigenvalue weighted by atomic mass is 19.3. The number of hydrogen-bond acceptors (Lipinski definition) is 7. The Morgan fingerprint density at radius 3 is 2.39 bits per heavy atom. The van der Waals surface area contributed by atoms with Gasteiger partial charge in [-0.25, -0.2) is 9.97 Å². The number of halogens is 2. The Hall–Kier alpha value is -4.28. The minimum atomic E-state index is -3.85. The van der Waals surface area contributed by atoms with E-state index in [1.54, 1.807) is 19.1 Å². The third-order valence-electron chi connectivity index (χ3n) is 4.34. The van der Waals surface area contributed by atoms with Crippen LogP contribution in [0.15, 0.2) is 48.8 Å². The minimum Gasteiger partial charge on any atom is -0.395 e. The molecule has 0 atom stereocenters. The topological polar surface area (TPSA) is 128 Å².